The predicted molar refractivity (Wildman–Crippen MR) is 91.1 cm³/mol. The molecule has 0 bridgehead atoms. The van der Waals surface area contributed by atoms with Gasteiger partial charge in [-0.15, -0.1) is 0 Å². The first-order chi connectivity index (χ1) is 11.8. The van der Waals surface area contributed by atoms with Gasteiger partial charge in [-0.1, -0.05) is 13.8 Å². The molecule has 0 aliphatic rings. The van der Waals surface area contributed by atoms with Crippen LogP contribution in [0.4, 0.5) is 4.79 Å². The normalized spacial score (nSPS) is 11.4. The van der Waals surface area contributed by atoms with Gasteiger partial charge in [0.15, 0.2) is 11.5 Å². The highest BCUT2D eigenvalue weighted by Gasteiger charge is 2.23. The second-order valence-electron chi connectivity index (χ2n) is 5.47. The van der Waals surface area contributed by atoms with Crippen molar-refractivity contribution in [2.45, 2.75) is 26.8 Å². The van der Waals surface area contributed by atoms with Crippen molar-refractivity contribution in [1.29, 1.82) is 0 Å². The van der Waals surface area contributed by atoms with E-state index in [9.17, 15) is 14.4 Å². The van der Waals surface area contributed by atoms with Gasteiger partial charge >= 0.3 is 6.03 Å². The Labute approximate surface area is 146 Å². The van der Waals surface area contributed by atoms with Gasteiger partial charge < -0.3 is 20.5 Å². The number of amides is 4. The Morgan fingerprint density at radius 1 is 1.16 bits per heavy atom. The molecule has 0 heterocycles. The van der Waals surface area contributed by atoms with Crippen LogP contribution < -0.4 is 31.4 Å². The third-order valence-electron chi connectivity index (χ3n) is 3.27. The SMILES string of the molecule is CCOc1ccc(C(=O)NNC(=O)[C@@H](NC(N)=O)C(C)C)cc1OC. The monoisotopic (exact) mass is 352 g/mol. The number of nitrogens with one attached hydrogen (secondary N) is 3. The van der Waals surface area contributed by atoms with Gasteiger partial charge in [0, 0.05) is 5.56 Å². The fraction of sp³-hybridized carbons (Fsp3) is 0.438. The van der Waals surface area contributed by atoms with Crippen molar-refractivity contribution in [3.63, 3.8) is 0 Å². The number of carbonyl (C=O) groups excluding carboxylic acids is 3. The number of hydrogen-bond donors (Lipinski definition) is 4. The van der Waals surface area contributed by atoms with Crippen LogP contribution in [0.5, 0.6) is 11.5 Å². The van der Waals surface area contributed by atoms with Gasteiger partial charge in [-0.25, -0.2) is 4.79 Å². The summed E-state index contributed by atoms with van der Waals surface area (Å²) in [5, 5.41) is 2.32. The molecule has 5 N–H and O–H groups in total. The zero-order chi connectivity index (χ0) is 19.0. The second-order valence-corrected chi connectivity index (χ2v) is 5.47. The quantitative estimate of drug-likeness (QED) is 0.532. The molecule has 0 unspecified atom stereocenters. The molecule has 9 heteroatoms. The third-order valence-corrected chi connectivity index (χ3v) is 3.27. The summed E-state index contributed by atoms with van der Waals surface area (Å²) in [4.78, 5) is 35.2. The molecule has 0 spiro atoms. The van der Waals surface area contributed by atoms with Crippen LogP contribution in [0.3, 0.4) is 0 Å². The van der Waals surface area contributed by atoms with Crippen LogP contribution in [0.15, 0.2) is 18.2 Å². The lowest BCUT2D eigenvalue weighted by molar-refractivity contribution is -0.124. The van der Waals surface area contributed by atoms with Gasteiger partial charge in [-0.2, -0.15) is 0 Å². The minimum Gasteiger partial charge on any atom is -0.493 e. The number of methoxy groups -OCH3 is 1. The highest BCUT2D eigenvalue weighted by Crippen LogP contribution is 2.27. The van der Waals surface area contributed by atoms with Crippen LogP contribution in [-0.4, -0.2) is 37.6 Å². The van der Waals surface area contributed by atoms with Crippen LogP contribution in [0.2, 0.25) is 0 Å². The summed E-state index contributed by atoms with van der Waals surface area (Å²) in [6.45, 7) is 5.76. The Bertz CT molecular complexity index is 633. The van der Waals surface area contributed by atoms with Crippen LogP contribution in [0, 0.1) is 5.92 Å². The molecule has 1 atom stereocenters. The van der Waals surface area contributed by atoms with Crippen molar-refractivity contribution >= 4 is 17.8 Å². The lowest BCUT2D eigenvalue weighted by atomic mass is 10.0. The smallest absolute Gasteiger partial charge is 0.312 e. The first kappa shape index (κ1) is 20.1. The van der Waals surface area contributed by atoms with Crippen molar-refractivity contribution in [3.8, 4) is 11.5 Å². The molecule has 1 aromatic rings. The van der Waals surface area contributed by atoms with Crippen molar-refractivity contribution < 1.29 is 23.9 Å². The zero-order valence-electron chi connectivity index (χ0n) is 14.7. The van der Waals surface area contributed by atoms with Gasteiger partial charge in [-0.3, -0.25) is 20.4 Å². The molecule has 0 aromatic heterocycles. The summed E-state index contributed by atoms with van der Waals surface area (Å²) < 4.78 is 10.6. The lowest BCUT2D eigenvalue weighted by Crippen LogP contribution is -2.55. The minimum atomic E-state index is -0.868. The van der Waals surface area contributed by atoms with Crippen molar-refractivity contribution in [3.05, 3.63) is 23.8 Å². The molecule has 1 rings (SSSR count). The Morgan fingerprint density at radius 3 is 2.36 bits per heavy atom. The summed E-state index contributed by atoms with van der Waals surface area (Å²) in [7, 11) is 1.46. The average Bonchev–Trinajstić information content (AvgIpc) is 2.57. The van der Waals surface area contributed by atoms with E-state index in [1.165, 1.54) is 19.2 Å². The maximum Gasteiger partial charge on any atom is 0.312 e. The van der Waals surface area contributed by atoms with Gasteiger partial charge in [0.2, 0.25) is 0 Å². The molecule has 138 valence electrons. The van der Waals surface area contributed by atoms with Crippen LogP contribution >= 0.6 is 0 Å². The molecule has 0 saturated carbocycles. The van der Waals surface area contributed by atoms with E-state index in [1.807, 2.05) is 6.92 Å². The lowest BCUT2D eigenvalue weighted by Gasteiger charge is -2.20. The Morgan fingerprint density at radius 2 is 1.84 bits per heavy atom. The molecule has 0 aliphatic heterocycles. The van der Waals surface area contributed by atoms with E-state index in [1.54, 1.807) is 19.9 Å². The summed E-state index contributed by atoms with van der Waals surface area (Å²) in [6, 6.07) is 2.94. The number of urea groups is 1. The van der Waals surface area contributed by atoms with Gasteiger partial charge in [-0.05, 0) is 31.0 Å². The van der Waals surface area contributed by atoms with Crippen LogP contribution in [-0.2, 0) is 4.79 Å². The molecule has 0 aliphatic carbocycles. The minimum absolute atomic E-state index is 0.213. The van der Waals surface area contributed by atoms with E-state index in [0.29, 0.717) is 18.1 Å². The number of primary amides is 1. The topological polar surface area (TPSA) is 132 Å². The number of benzene rings is 1. The van der Waals surface area contributed by atoms with E-state index >= 15 is 0 Å². The Kier molecular flexibility index (Phi) is 7.51. The van der Waals surface area contributed by atoms with E-state index in [2.05, 4.69) is 16.2 Å². The fourth-order valence-corrected chi connectivity index (χ4v) is 2.04. The summed E-state index contributed by atoms with van der Waals surface area (Å²) >= 11 is 0. The first-order valence-corrected chi connectivity index (χ1v) is 7.77. The number of carbonyl (C=O) groups is 3. The van der Waals surface area contributed by atoms with Crippen LogP contribution in [0.25, 0.3) is 0 Å². The third kappa shape index (κ3) is 5.87. The number of hydrogen-bond acceptors (Lipinski definition) is 5. The highest BCUT2D eigenvalue weighted by molar-refractivity contribution is 5.96. The van der Waals surface area contributed by atoms with E-state index < -0.39 is 23.9 Å². The van der Waals surface area contributed by atoms with Crippen molar-refractivity contribution in [1.82, 2.24) is 16.2 Å². The maximum absolute atomic E-state index is 12.2. The predicted octanol–water partition coefficient (Wildman–Crippen LogP) is 0.548. The molecule has 9 nitrogen and oxygen atoms in total. The molecule has 0 radical (unpaired) electrons. The summed E-state index contributed by atoms with van der Waals surface area (Å²) in [6.07, 6.45) is 0. The van der Waals surface area contributed by atoms with E-state index in [-0.39, 0.29) is 11.5 Å². The average molecular weight is 352 g/mol. The van der Waals surface area contributed by atoms with Gasteiger partial charge in [0.05, 0.1) is 13.7 Å². The molecule has 0 fully saturated rings. The van der Waals surface area contributed by atoms with E-state index in [4.69, 9.17) is 15.2 Å². The highest BCUT2D eigenvalue weighted by atomic mass is 16.5. The molecule has 25 heavy (non-hydrogen) atoms. The molecular formula is C16H24N4O5. The largest absolute Gasteiger partial charge is 0.493 e. The van der Waals surface area contributed by atoms with Gasteiger partial charge in [0.1, 0.15) is 6.04 Å². The Hall–Kier alpha value is -2.97. The summed E-state index contributed by atoms with van der Waals surface area (Å²) in [5.41, 5.74) is 9.86. The molecular weight excluding hydrogens is 328 g/mol. The van der Waals surface area contributed by atoms with E-state index in [0.717, 1.165) is 0 Å². The number of ether oxygens (including phenoxy) is 2. The fourth-order valence-electron chi connectivity index (χ4n) is 2.04. The molecule has 4 amide bonds. The molecule has 1 aromatic carbocycles. The number of nitrogens with two attached hydrogens (primary N) is 1. The second kappa shape index (κ2) is 9.36. The van der Waals surface area contributed by atoms with Crippen molar-refractivity contribution in [2.75, 3.05) is 13.7 Å². The standard InChI is InChI=1S/C16H24N4O5/c1-5-25-11-7-6-10(8-12(11)24-4)14(21)19-20-15(22)13(9(2)3)18-16(17)23/h6-9,13H,5H2,1-4H3,(H,19,21)(H,20,22)(H3,17,18,23)/t13-/m0/s1. The number of hydrazine groups is 1. The molecule has 0 saturated heterocycles. The summed E-state index contributed by atoms with van der Waals surface area (Å²) in [5.74, 6) is -0.432. The van der Waals surface area contributed by atoms with Crippen molar-refractivity contribution in [2.24, 2.45) is 11.7 Å². The first-order valence-electron chi connectivity index (χ1n) is 7.77. The van der Waals surface area contributed by atoms with Crippen LogP contribution in [0.1, 0.15) is 31.1 Å². The van der Waals surface area contributed by atoms with Gasteiger partial charge in [0.25, 0.3) is 11.8 Å². The maximum atomic E-state index is 12.2. The zero-order valence-corrected chi connectivity index (χ0v) is 14.7. The Balaban J connectivity index is 2.75. The number of rotatable bonds is 7.